The maximum absolute atomic E-state index is 13.1. The summed E-state index contributed by atoms with van der Waals surface area (Å²) in [5, 5.41) is 8.70. The molecule has 0 atom stereocenters. The highest BCUT2D eigenvalue weighted by Gasteiger charge is 2.08. The standard InChI is InChI=1S/C12H6FNOS/c13-9-2-1-8(7-15)11(5-9)12-4-3-10(6-14)16-12/h1-5,7H. The maximum atomic E-state index is 13.1. The molecule has 0 N–H and O–H groups in total. The first-order chi connectivity index (χ1) is 7.74. The molecule has 0 saturated heterocycles. The molecule has 2 nitrogen and oxygen atoms in total. The molecule has 0 aliphatic rings. The Kier molecular flexibility index (Phi) is 2.80. The molecule has 78 valence electrons. The van der Waals surface area contributed by atoms with E-state index < -0.39 is 5.82 Å². The van der Waals surface area contributed by atoms with Gasteiger partial charge < -0.3 is 0 Å². The van der Waals surface area contributed by atoms with Crippen molar-refractivity contribution >= 4 is 17.6 Å². The van der Waals surface area contributed by atoms with Gasteiger partial charge in [0.2, 0.25) is 0 Å². The van der Waals surface area contributed by atoms with E-state index >= 15 is 0 Å². The van der Waals surface area contributed by atoms with Crippen molar-refractivity contribution in [3.8, 4) is 16.5 Å². The number of nitrogens with zero attached hydrogens (tertiary/aromatic N) is 1. The van der Waals surface area contributed by atoms with Crippen LogP contribution in [0.5, 0.6) is 0 Å². The highest BCUT2D eigenvalue weighted by molar-refractivity contribution is 7.16. The number of hydrogen-bond donors (Lipinski definition) is 0. The molecule has 0 saturated carbocycles. The number of aldehydes is 1. The van der Waals surface area contributed by atoms with Crippen molar-refractivity contribution in [1.29, 1.82) is 5.26 Å². The third-order valence-electron chi connectivity index (χ3n) is 2.12. The number of rotatable bonds is 2. The summed E-state index contributed by atoms with van der Waals surface area (Å²) < 4.78 is 13.1. The van der Waals surface area contributed by atoms with Crippen LogP contribution in [0.3, 0.4) is 0 Å². The Bertz CT molecular complexity index is 583. The number of carbonyl (C=O) groups is 1. The third kappa shape index (κ3) is 1.86. The van der Waals surface area contributed by atoms with Crippen molar-refractivity contribution in [1.82, 2.24) is 0 Å². The summed E-state index contributed by atoms with van der Waals surface area (Å²) in [6, 6.07) is 9.35. The molecule has 0 unspecified atom stereocenters. The van der Waals surface area contributed by atoms with E-state index in [-0.39, 0.29) is 0 Å². The molecular formula is C12H6FNOS. The van der Waals surface area contributed by atoms with Gasteiger partial charge >= 0.3 is 0 Å². The quantitative estimate of drug-likeness (QED) is 0.744. The second-order valence-corrected chi connectivity index (χ2v) is 4.21. The topological polar surface area (TPSA) is 40.9 Å². The minimum Gasteiger partial charge on any atom is -0.298 e. The van der Waals surface area contributed by atoms with Crippen LogP contribution in [0.4, 0.5) is 4.39 Å². The fourth-order valence-corrected chi connectivity index (χ4v) is 2.23. The normalized spacial score (nSPS) is 9.75. The number of thiophene rings is 1. The lowest BCUT2D eigenvalue weighted by molar-refractivity contribution is 0.112. The second-order valence-electron chi connectivity index (χ2n) is 3.13. The van der Waals surface area contributed by atoms with Crippen molar-refractivity contribution in [3.05, 3.63) is 46.6 Å². The fraction of sp³-hybridized carbons (Fsp3) is 0. The zero-order chi connectivity index (χ0) is 11.5. The van der Waals surface area contributed by atoms with Gasteiger partial charge in [0.1, 0.15) is 16.8 Å². The average Bonchev–Trinajstić information content (AvgIpc) is 2.77. The molecule has 0 spiro atoms. The number of halogens is 1. The SMILES string of the molecule is N#Cc1ccc(-c2cc(F)ccc2C=O)s1. The average molecular weight is 231 g/mol. The van der Waals surface area contributed by atoms with Crippen LogP contribution in [0.2, 0.25) is 0 Å². The van der Waals surface area contributed by atoms with Crippen LogP contribution in [0.25, 0.3) is 10.4 Å². The monoisotopic (exact) mass is 231 g/mol. The lowest BCUT2D eigenvalue weighted by Gasteiger charge is -2.01. The molecule has 4 heteroatoms. The van der Waals surface area contributed by atoms with Gasteiger partial charge in [-0.1, -0.05) is 0 Å². The lowest BCUT2D eigenvalue weighted by atomic mass is 10.1. The molecule has 0 bridgehead atoms. The van der Waals surface area contributed by atoms with E-state index in [9.17, 15) is 9.18 Å². The van der Waals surface area contributed by atoms with Crippen LogP contribution in [-0.4, -0.2) is 6.29 Å². The van der Waals surface area contributed by atoms with Gasteiger partial charge in [0.25, 0.3) is 0 Å². The van der Waals surface area contributed by atoms with E-state index in [1.807, 2.05) is 6.07 Å². The minimum atomic E-state index is -0.396. The van der Waals surface area contributed by atoms with Gasteiger partial charge in [-0.3, -0.25) is 4.79 Å². The van der Waals surface area contributed by atoms with Crippen LogP contribution in [-0.2, 0) is 0 Å². The summed E-state index contributed by atoms with van der Waals surface area (Å²) in [7, 11) is 0. The predicted octanol–water partition coefficient (Wildman–Crippen LogP) is 3.24. The summed E-state index contributed by atoms with van der Waals surface area (Å²) >= 11 is 1.24. The van der Waals surface area contributed by atoms with Crippen molar-refractivity contribution in [3.63, 3.8) is 0 Å². The van der Waals surface area contributed by atoms with E-state index in [1.54, 1.807) is 12.1 Å². The Morgan fingerprint density at radius 2 is 2.12 bits per heavy atom. The first-order valence-electron chi connectivity index (χ1n) is 4.49. The van der Waals surface area contributed by atoms with Gasteiger partial charge in [-0.15, -0.1) is 11.3 Å². The van der Waals surface area contributed by atoms with Crippen molar-refractivity contribution in [2.75, 3.05) is 0 Å². The molecule has 0 amide bonds. The van der Waals surface area contributed by atoms with Crippen LogP contribution in [0, 0.1) is 17.1 Å². The van der Waals surface area contributed by atoms with Crippen LogP contribution < -0.4 is 0 Å². The minimum absolute atomic E-state index is 0.396. The molecule has 0 fully saturated rings. The van der Waals surface area contributed by atoms with Gasteiger partial charge in [-0.25, -0.2) is 4.39 Å². The number of benzene rings is 1. The molecule has 1 heterocycles. The molecule has 1 aromatic carbocycles. The highest BCUT2D eigenvalue weighted by Crippen LogP contribution is 2.30. The first-order valence-corrected chi connectivity index (χ1v) is 5.31. The van der Waals surface area contributed by atoms with Gasteiger partial charge in [0.15, 0.2) is 6.29 Å². The van der Waals surface area contributed by atoms with Crippen molar-refractivity contribution in [2.45, 2.75) is 0 Å². The molecule has 16 heavy (non-hydrogen) atoms. The Morgan fingerprint density at radius 3 is 2.75 bits per heavy atom. The Balaban J connectivity index is 2.58. The largest absolute Gasteiger partial charge is 0.298 e. The summed E-state index contributed by atoms with van der Waals surface area (Å²) in [5.74, 6) is -0.396. The van der Waals surface area contributed by atoms with Crippen LogP contribution in [0.15, 0.2) is 30.3 Å². The van der Waals surface area contributed by atoms with Crippen LogP contribution >= 0.6 is 11.3 Å². The van der Waals surface area contributed by atoms with E-state index in [0.29, 0.717) is 22.3 Å². The Hall–Kier alpha value is -1.99. The Labute approximate surface area is 95.6 Å². The predicted molar refractivity (Wildman–Crippen MR) is 59.8 cm³/mol. The number of hydrogen-bond acceptors (Lipinski definition) is 3. The van der Waals surface area contributed by atoms with E-state index in [0.717, 1.165) is 4.88 Å². The zero-order valence-electron chi connectivity index (χ0n) is 8.11. The third-order valence-corrected chi connectivity index (χ3v) is 3.15. The summed E-state index contributed by atoms with van der Waals surface area (Å²) in [6.07, 6.45) is 0.681. The van der Waals surface area contributed by atoms with E-state index in [1.165, 1.54) is 29.5 Å². The number of nitriles is 1. The van der Waals surface area contributed by atoms with Crippen LogP contribution in [0.1, 0.15) is 15.2 Å². The molecule has 0 aliphatic carbocycles. The molecule has 1 aromatic heterocycles. The summed E-state index contributed by atoms with van der Waals surface area (Å²) in [6.45, 7) is 0. The summed E-state index contributed by atoms with van der Waals surface area (Å²) in [5.41, 5.74) is 0.953. The smallest absolute Gasteiger partial charge is 0.150 e. The molecule has 2 rings (SSSR count). The van der Waals surface area contributed by atoms with E-state index in [4.69, 9.17) is 5.26 Å². The maximum Gasteiger partial charge on any atom is 0.150 e. The lowest BCUT2D eigenvalue weighted by Crippen LogP contribution is -1.86. The number of carbonyl (C=O) groups excluding carboxylic acids is 1. The molecule has 0 radical (unpaired) electrons. The van der Waals surface area contributed by atoms with Gasteiger partial charge in [-0.05, 0) is 30.3 Å². The van der Waals surface area contributed by atoms with Gasteiger partial charge in [0.05, 0.1) is 0 Å². The van der Waals surface area contributed by atoms with Crippen molar-refractivity contribution in [2.24, 2.45) is 0 Å². The van der Waals surface area contributed by atoms with Gasteiger partial charge in [-0.2, -0.15) is 5.26 Å². The Morgan fingerprint density at radius 1 is 1.31 bits per heavy atom. The van der Waals surface area contributed by atoms with E-state index in [2.05, 4.69) is 0 Å². The second kappa shape index (κ2) is 4.25. The molecule has 0 aliphatic heterocycles. The molecule has 2 aromatic rings. The summed E-state index contributed by atoms with van der Waals surface area (Å²) in [4.78, 5) is 12.1. The zero-order valence-corrected chi connectivity index (χ0v) is 8.92. The van der Waals surface area contributed by atoms with Gasteiger partial charge in [0, 0.05) is 16.0 Å². The van der Waals surface area contributed by atoms with Crippen molar-refractivity contribution < 1.29 is 9.18 Å². The molecular weight excluding hydrogens is 225 g/mol. The highest BCUT2D eigenvalue weighted by atomic mass is 32.1. The first kappa shape index (κ1) is 10.5. The fourth-order valence-electron chi connectivity index (χ4n) is 1.39.